The van der Waals surface area contributed by atoms with Crippen LogP contribution in [0.3, 0.4) is 0 Å². The molecule has 0 radical (unpaired) electrons. The first-order valence-electron chi connectivity index (χ1n) is 6.50. The smallest absolute Gasteiger partial charge is 0.340 e. The van der Waals surface area contributed by atoms with Crippen LogP contribution in [-0.4, -0.2) is 26.2 Å². The van der Waals surface area contributed by atoms with Crippen molar-refractivity contribution >= 4 is 27.6 Å². The van der Waals surface area contributed by atoms with Gasteiger partial charge in [-0.2, -0.15) is 0 Å². The van der Waals surface area contributed by atoms with E-state index in [9.17, 15) is 4.79 Å². The fourth-order valence-corrected chi connectivity index (χ4v) is 2.18. The summed E-state index contributed by atoms with van der Waals surface area (Å²) in [4.78, 5) is 11.7. The van der Waals surface area contributed by atoms with Crippen LogP contribution in [0, 0.1) is 0 Å². The summed E-state index contributed by atoms with van der Waals surface area (Å²) in [5.74, 6) is 0.450. The molecule has 1 N–H and O–H groups in total. The molecule has 5 heteroatoms. The van der Waals surface area contributed by atoms with Crippen molar-refractivity contribution in [1.82, 2.24) is 0 Å². The quantitative estimate of drug-likeness (QED) is 0.637. The topological polar surface area (TPSA) is 47.6 Å². The van der Waals surface area contributed by atoms with E-state index in [1.54, 1.807) is 6.07 Å². The summed E-state index contributed by atoms with van der Waals surface area (Å²) in [5.41, 5.74) is 1.22. The molecule has 0 aliphatic carbocycles. The van der Waals surface area contributed by atoms with Gasteiger partial charge in [-0.3, -0.25) is 0 Å². The second kappa shape index (κ2) is 7.69. The number of hydrogen-bond acceptors (Lipinski definition) is 4. The summed E-state index contributed by atoms with van der Waals surface area (Å²) >= 11 is 3.35. The van der Waals surface area contributed by atoms with Gasteiger partial charge in [0.2, 0.25) is 0 Å². The highest BCUT2D eigenvalue weighted by atomic mass is 79.9. The molecule has 0 aliphatic heterocycles. The van der Waals surface area contributed by atoms with Crippen molar-refractivity contribution in [3.63, 3.8) is 0 Å². The maximum absolute atomic E-state index is 11.7. The SMILES string of the molecule is COC(=O)c1cc(Br)ccc1NCCOc1ccccc1. The van der Waals surface area contributed by atoms with E-state index in [4.69, 9.17) is 9.47 Å². The van der Waals surface area contributed by atoms with Crippen molar-refractivity contribution < 1.29 is 14.3 Å². The van der Waals surface area contributed by atoms with Crippen molar-refractivity contribution in [3.8, 4) is 5.75 Å². The third-order valence-electron chi connectivity index (χ3n) is 2.82. The standard InChI is InChI=1S/C16H16BrNO3/c1-20-16(19)14-11-12(17)7-8-15(14)18-9-10-21-13-5-3-2-4-6-13/h2-8,11,18H,9-10H2,1H3. The van der Waals surface area contributed by atoms with Gasteiger partial charge in [-0.05, 0) is 30.3 Å². The molecule has 0 bridgehead atoms. The van der Waals surface area contributed by atoms with Crippen LogP contribution >= 0.6 is 15.9 Å². The minimum atomic E-state index is -0.372. The number of carbonyl (C=O) groups is 1. The molecule has 2 rings (SSSR count). The van der Waals surface area contributed by atoms with Gasteiger partial charge >= 0.3 is 5.97 Å². The fraction of sp³-hybridized carbons (Fsp3) is 0.188. The molecule has 0 heterocycles. The summed E-state index contributed by atoms with van der Waals surface area (Å²) < 4.78 is 11.2. The number of para-hydroxylation sites is 1. The Kier molecular flexibility index (Phi) is 5.63. The molecule has 0 amide bonds. The lowest BCUT2D eigenvalue weighted by molar-refractivity contribution is 0.0601. The van der Waals surface area contributed by atoms with Gasteiger partial charge < -0.3 is 14.8 Å². The molecule has 0 saturated heterocycles. The molecule has 2 aromatic rings. The number of nitrogens with one attached hydrogen (secondary N) is 1. The fourth-order valence-electron chi connectivity index (χ4n) is 1.82. The van der Waals surface area contributed by atoms with Gasteiger partial charge in [0.1, 0.15) is 12.4 Å². The van der Waals surface area contributed by atoms with Crippen molar-refractivity contribution in [3.05, 3.63) is 58.6 Å². The first kappa shape index (κ1) is 15.4. The van der Waals surface area contributed by atoms with Crippen LogP contribution in [0.15, 0.2) is 53.0 Å². The molecule has 0 fully saturated rings. The summed E-state index contributed by atoms with van der Waals surface area (Å²) in [6, 6.07) is 15.0. The van der Waals surface area contributed by atoms with Crippen LogP contribution in [0.1, 0.15) is 10.4 Å². The van der Waals surface area contributed by atoms with E-state index in [1.807, 2.05) is 42.5 Å². The van der Waals surface area contributed by atoms with Crippen LogP contribution < -0.4 is 10.1 Å². The summed E-state index contributed by atoms with van der Waals surface area (Å²) in [7, 11) is 1.37. The first-order chi connectivity index (χ1) is 10.2. The van der Waals surface area contributed by atoms with E-state index in [1.165, 1.54) is 7.11 Å². The van der Waals surface area contributed by atoms with Gasteiger partial charge in [0, 0.05) is 16.7 Å². The van der Waals surface area contributed by atoms with Crippen molar-refractivity contribution in [1.29, 1.82) is 0 Å². The Morgan fingerprint density at radius 2 is 1.95 bits per heavy atom. The number of anilines is 1. The molecule has 2 aromatic carbocycles. The summed E-state index contributed by atoms with van der Waals surface area (Å²) in [6.45, 7) is 1.08. The van der Waals surface area contributed by atoms with Gasteiger partial charge in [-0.15, -0.1) is 0 Å². The first-order valence-corrected chi connectivity index (χ1v) is 7.29. The second-order valence-corrected chi connectivity index (χ2v) is 5.19. The summed E-state index contributed by atoms with van der Waals surface area (Å²) in [5, 5.41) is 3.18. The predicted octanol–water partition coefficient (Wildman–Crippen LogP) is 3.73. The molecule has 21 heavy (non-hydrogen) atoms. The van der Waals surface area contributed by atoms with Crippen LogP contribution in [0.25, 0.3) is 0 Å². The van der Waals surface area contributed by atoms with Crippen molar-refractivity contribution in [2.75, 3.05) is 25.6 Å². The van der Waals surface area contributed by atoms with E-state index in [-0.39, 0.29) is 5.97 Å². The Labute approximate surface area is 132 Å². The zero-order chi connectivity index (χ0) is 15.1. The molecular formula is C16H16BrNO3. The monoisotopic (exact) mass is 349 g/mol. The zero-order valence-electron chi connectivity index (χ0n) is 11.6. The lowest BCUT2D eigenvalue weighted by Gasteiger charge is -2.12. The number of halogens is 1. The Morgan fingerprint density at radius 1 is 1.19 bits per heavy atom. The average Bonchev–Trinajstić information content (AvgIpc) is 2.53. The summed E-state index contributed by atoms with van der Waals surface area (Å²) in [6.07, 6.45) is 0. The zero-order valence-corrected chi connectivity index (χ0v) is 13.2. The third kappa shape index (κ3) is 4.49. The highest BCUT2D eigenvalue weighted by molar-refractivity contribution is 9.10. The molecule has 0 aromatic heterocycles. The molecule has 0 saturated carbocycles. The van der Waals surface area contributed by atoms with Crippen LogP contribution in [0.2, 0.25) is 0 Å². The number of carbonyl (C=O) groups excluding carboxylic acids is 1. The third-order valence-corrected chi connectivity index (χ3v) is 3.31. The van der Waals surface area contributed by atoms with E-state index in [0.717, 1.165) is 15.9 Å². The van der Waals surface area contributed by atoms with Crippen LogP contribution in [0.5, 0.6) is 5.75 Å². The minimum absolute atomic E-state index is 0.372. The van der Waals surface area contributed by atoms with E-state index in [0.29, 0.717) is 18.7 Å². The van der Waals surface area contributed by atoms with Gasteiger partial charge in [0.05, 0.1) is 12.7 Å². The van der Waals surface area contributed by atoms with Gasteiger partial charge in [-0.1, -0.05) is 34.1 Å². The van der Waals surface area contributed by atoms with Gasteiger partial charge in [-0.25, -0.2) is 4.79 Å². The number of methoxy groups -OCH3 is 1. The lowest BCUT2D eigenvalue weighted by atomic mass is 10.2. The van der Waals surface area contributed by atoms with E-state index < -0.39 is 0 Å². The number of benzene rings is 2. The minimum Gasteiger partial charge on any atom is -0.492 e. The maximum Gasteiger partial charge on any atom is 0.340 e. The molecule has 110 valence electrons. The van der Waals surface area contributed by atoms with E-state index in [2.05, 4.69) is 21.2 Å². The maximum atomic E-state index is 11.7. The van der Waals surface area contributed by atoms with Crippen molar-refractivity contribution in [2.24, 2.45) is 0 Å². The van der Waals surface area contributed by atoms with Crippen LogP contribution in [0.4, 0.5) is 5.69 Å². The lowest BCUT2D eigenvalue weighted by Crippen LogP contribution is -2.14. The highest BCUT2D eigenvalue weighted by Crippen LogP contribution is 2.21. The van der Waals surface area contributed by atoms with Crippen molar-refractivity contribution in [2.45, 2.75) is 0 Å². The normalized spacial score (nSPS) is 10.0. The average molecular weight is 350 g/mol. The Bertz CT molecular complexity index is 602. The predicted molar refractivity (Wildman–Crippen MR) is 85.9 cm³/mol. The molecule has 0 atom stereocenters. The highest BCUT2D eigenvalue weighted by Gasteiger charge is 2.11. The molecule has 0 aliphatic rings. The van der Waals surface area contributed by atoms with E-state index >= 15 is 0 Å². The second-order valence-electron chi connectivity index (χ2n) is 4.27. The molecule has 4 nitrogen and oxygen atoms in total. The Hall–Kier alpha value is -2.01. The van der Waals surface area contributed by atoms with Gasteiger partial charge in [0.25, 0.3) is 0 Å². The van der Waals surface area contributed by atoms with Crippen LogP contribution in [-0.2, 0) is 4.74 Å². The number of rotatable bonds is 6. The molecule has 0 spiro atoms. The number of esters is 1. The number of hydrogen-bond donors (Lipinski definition) is 1. The number of ether oxygens (including phenoxy) is 2. The largest absolute Gasteiger partial charge is 0.492 e. The Balaban J connectivity index is 1.92. The molecular weight excluding hydrogens is 334 g/mol. The van der Waals surface area contributed by atoms with Gasteiger partial charge in [0.15, 0.2) is 0 Å². The molecule has 0 unspecified atom stereocenters. The Morgan fingerprint density at radius 3 is 2.67 bits per heavy atom.